The Bertz CT molecular complexity index is 658. The number of rotatable bonds is 7. The first-order valence-electron chi connectivity index (χ1n) is 8.15. The van der Waals surface area contributed by atoms with Gasteiger partial charge in [0.2, 0.25) is 5.91 Å². The molecule has 126 valence electrons. The van der Waals surface area contributed by atoms with E-state index in [0.717, 1.165) is 23.3 Å². The summed E-state index contributed by atoms with van der Waals surface area (Å²) in [6, 6.07) is 11.9. The van der Waals surface area contributed by atoms with Crippen molar-refractivity contribution in [1.29, 1.82) is 0 Å². The zero-order valence-electron chi connectivity index (χ0n) is 13.9. The molecule has 2 aromatic rings. The zero-order chi connectivity index (χ0) is 16.8. The Kier molecular flexibility index (Phi) is 5.43. The molecular formula is C19H22N2O3. The van der Waals surface area contributed by atoms with Crippen LogP contribution < -0.4 is 4.74 Å². The molecule has 0 radical (unpaired) electrons. The van der Waals surface area contributed by atoms with E-state index in [1.807, 2.05) is 41.3 Å². The van der Waals surface area contributed by atoms with Crippen LogP contribution in [0.25, 0.3) is 0 Å². The molecule has 5 nitrogen and oxygen atoms in total. The molecule has 24 heavy (non-hydrogen) atoms. The first kappa shape index (κ1) is 16.5. The lowest BCUT2D eigenvalue weighted by Gasteiger charge is -2.24. The van der Waals surface area contributed by atoms with Crippen molar-refractivity contribution in [3.05, 3.63) is 59.9 Å². The van der Waals surface area contributed by atoms with Gasteiger partial charge in [-0.15, -0.1) is 0 Å². The highest BCUT2D eigenvalue weighted by Gasteiger charge is 2.30. The van der Waals surface area contributed by atoms with Crippen molar-refractivity contribution in [1.82, 2.24) is 9.88 Å². The molecule has 5 heteroatoms. The van der Waals surface area contributed by atoms with Crippen molar-refractivity contribution in [2.75, 3.05) is 13.7 Å². The minimum Gasteiger partial charge on any atom is -0.497 e. The maximum Gasteiger partial charge on any atom is 0.223 e. The van der Waals surface area contributed by atoms with Crippen molar-refractivity contribution in [2.45, 2.75) is 32.0 Å². The lowest BCUT2D eigenvalue weighted by atomic mass is 10.2. The number of carbonyl (C=O) groups is 1. The number of pyridine rings is 1. The molecule has 2 heterocycles. The summed E-state index contributed by atoms with van der Waals surface area (Å²) in [4.78, 5) is 18.1. The van der Waals surface area contributed by atoms with Gasteiger partial charge in [-0.1, -0.05) is 12.1 Å². The lowest BCUT2D eigenvalue weighted by molar-refractivity contribution is -0.130. The summed E-state index contributed by atoms with van der Waals surface area (Å²) < 4.78 is 11.0. The summed E-state index contributed by atoms with van der Waals surface area (Å²) in [6.07, 6.45) is 4.96. The van der Waals surface area contributed by atoms with Crippen molar-refractivity contribution in [3.63, 3.8) is 0 Å². The largest absolute Gasteiger partial charge is 0.497 e. The van der Waals surface area contributed by atoms with E-state index in [2.05, 4.69) is 4.98 Å². The summed E-state index contributed by atoms with van der Waals surface area (Å²) >= 11 is 0. The van der Waals surface area contributed by atoms with Crippen LogP contribution in [-0.4, -0.2) is 35.5 Å². The van der Waals surface area contributed by atoms with Gasteiger partial charge >= 0.3 is 0 Å². The van der Waals surface area contributed by atoms with Crippen LogP contribution in [0.5, 0.6) is 5.75 Å². The van der Waals surface area contributed by atoms with Crippen molar-refractivity contribution in [3.8, 4) is 5.75 Å². The number of carbonyl (C=O) groups excluding carboxylic acids is 1. The second kappa shape index (κ2) is 7.93. The van der Waals surface area contributed by atoms with E-state index in [0.29, 0.717) is 26.2 Å². The third-order valence-electron chi connectivity index (χ3n) is 4.29. The van der Waals surface area contributed by atoms with Gasteiger partial charge in [-0.2, -0.15) is 0 Å². The van der Waals surface area contributed by atoms with Gasteiger partial charge in [0.05, 0.1) is 26.4 Å². The number of ether oxygens (including phenoxy) is 2. The molecule has 1 amide bonds. The second-order valence-electron chi connectivity index (χ2n) is 5.93. The molecule has 0 aliphatic carbocycles. The molecule has 1 aliphatic heterocycles. The van der Waals surface area contributed by atoms with Crippen LogP contribution in [0, 0.1) is 0 Å². The Labute approximate surface area is 142 Å². The lowest BCUT2D eigenvalue weighted by Crippen LogP contribution is -2.35. The molecule has 0 unspecified atom stereocenters. The Morgan fingerprint density at radius 1 is 1.12 bits per heavy atom. The number of methoxy groups -OCH3 is 1. The number of likely N-dealkylation sites (tertiary alicyclic amines) is 1. The number of aromatic nitrogens is 1. The summed E-state index contributed by atoms with van der Waals surface area (Å²) in [5.74, 6) is 1.04. The number of amides is 1. The molecule has 1 aromatic carbocycles. The highest BCUT2D eigenvalue weighted by atomic mass is 16.5. The van der Waals surface area contributed by atoms with Crippen LogP contribution in [-0.2, 0) is 22.7 Å². The van der Waals surface area contributed by atoms with Crippen LogP contribution in [0.4, 0.5) is 0 Å². The summed E-state index contributed by atoms with van der Waals surface area (Å²) in [5, 5.41) is 0. The highest BCUT2D eigenvalue weighted by molar-refractivity contribution is 5.78. The predicted molar refractivity (Wildman–Crippen MR) is 90.5 cm³/mol. The Morgan fingerprint density at radius 2 is 1.88 bits per heavy atom. The van der Waals surface area contributed by atoms with Gasteiger partial charge in [-0.3, -0.25) is 9.78 Å². The van der Waals surface area contributed by atoms with Crippen LogP contribution in [0.15, 0.2) is 48.8 Å². The zero-order valence-corrected chi connectivity index (χ0v) is 13.9. The normalized spacial score (nSPS) is 17.3. The van der Waals surface area contributed by atoms with Crippen LogP contribution in [0.2, 0.25) is 0 Å². The fourth-order valence-corrected chi connectivity index (χ4v) is 2.90. The molecule has 0 bridgehead atoms. The number of benzene rings is 1. The fraction of sp³-hybridized carbons (Fsp3) is 0.368. The standard InChI is InChI=1S/C19H22N2O3/c1-23-18-5-2-16(3-6-18)13-24-14-17-4-7-19(22)21(17)12-15-8-10-20-11-9-15/h2-3,5-6,8-11,17H,4,7,12-14H2,1H3/t17-/m0/s1. The Balaban J connectivity index is 1.52. The molecule has 0 saturated carbocycles. The van der Waals surface area contributed by atoms with E-state index in [1.54, 1.807) is 19.5 Å². The Hall–Kier alpha value is -2.40. The van der Waals surface area contributed by atoms with E-state index >= 15 is 0 Å². The quantitative estimate of drug-likeness (QED) is 0.785. The fourth-order valence-electron chi connectivity index (χ4n) is 2.90. The Morgan fingerprint density at radius 3 is 2.58 bits per heavy atom. The molecule has 0 N–H and O–H groups in total. The summed E-state index contributed by atoms with van der Waals surface area (Å²) in [7, 11) is 1.65. The van der Waals surface area contributed by atoms with E-state index < -0.39 is 0 Å². The maximum atomic E-state index is 12.1. The smallest absolute Gasteiger partial charge is 0.223 e. The van der Waals surface area contributed by atoms with Crippen molar-refractivity contribution >= 4 is 5.91 Å². The van der Waals surface area contributed by atoms with Gasteiger partial charge in [0, 0.05) is 25.4 Å². The van der Waals surface area contributed by atoms with E-state index in [1.165, 1.54) is 0 Å². The van der Waals surface area contributed by atoms with E-state index in [-0.39, 0.29) is 11.9 Å². The van der Waals surface area contributed by atoms with Gasteiger partial charge < -0.3 is 14.4 Å². The minimum absolute atomic E-state index is 0.143. The number of nitrogens with zero attached hydrogens (tertiary/aromatic N) is 2. The maximum absolute atomic E-state index is 12.1. The number of hydrogen-bond donors (Lipinski definition) is 0. The third kappa shape index (κ3) is 4.11. The second-order valence-corrected chi connectivity index (χ2v) is 5.93. The van der Waals surface area contributed by atoms with Crippen molar-refractivity contribution in [2.24, 2.45) is 0 Å². The first-order chi connectivity index (χ1) is 11.8. The summed E-state index contributed by atoms with van der Waals surface area (Å²) in [6.45, 7) is 1.72. The molecule has 1 saturated heterocycles. The number of hydrogen-bond acceptors (Lipinski definition) is 4. The predicted octanol–water partition coefficient (Wildman–Crippen LogP) is 2.80. The monoisotopic (exact) mass is 326 g/mol. The van der Waals surface area contributed by atoms with Gasteiger partial charge in [-0.05, 0) is 41.8 Å². The molecule has 0 spiro atoms. The summed E-state index contributed by atoms with van der Waals surface area (Å²) in [5.41, 5.74) is 2.20. The average Bonchev–Trinajstić information content (AvgIpc) is 2.97. The third-order valence-corrected chi connectivity index (χ3v) is 4.29. The molecular weight excluding hydrogens is 304 g/mol. The van der Waals surface area contributed by atoms with Gasteiger partial charge in [0.1, 0.15) is 5.75 Å². The van der Waals surface area contributed by atoms with E-state index in [9.17, 15) is 4.79 Å². The van der Waals surface area contributed by atoms with E-state index in [4.69, 9.17) is 9.47 Å². The average molecular weight is 326 g/mol. The first-order valence-corrected chi connectivity index (χ1v) is 8.15. The van der Waals surface area contributed by atoms with Crippen molar-refractivity contribution < 1.29 is 14.3 Å². The molecule has 1 fully saturated rings. The van der Waals surface area contributed by atoms with Gasteiger partial charge in [0.15, 0.2) is 0 Å². The van der Waals surface area contributed by atoms with Crippen LogP contribution in [0.1, 0.15) is 24.0 Å². The molecule has 1 aliphatic rings. The highest BCUT2D eigenvalue weighted by Crippen LogP contribution is 2.22. The minimum atomic E-state index is 0.143. The topological polar surface area (TPSA) is 51.7 Å². The van der Waals surface area contributed by atoms with Crippen LogP contribution in [0.3, 0.4) is 0 Å². The molecule has 1 atom stereocenters. The van der Waals surface area contributed by atoms with Crippen LogP contribution >= 0.6 is 0 Å². The molecule has 1 aromatic heterocycles. The van der Waals surface area contributed by atoms with Gasteiger partial charge in [-0.25, -0.2) is 0 Å². The van der Waals surface area contributed by atoms with Gasteiger partial charge in [0.25, 0.3) is 0 Å². The SMILES string of the molecule is COc1ccc(COC[C@@H]2CCC(=O)N2Cc2ccncc2)cc1. The molecule has 3 rings (SSSR count).